The molecule has 1 atom stereocenters. The van der Waals surface area contributed by atoms with E-state index in [0.717, 1.165) is 67.8 Å². The molecule has 8 rings (SSSR count). The molecule has 3 aromatic rings. The highest BCUT2D eigenvalue weighted by Gasteiger charge is 2.51. The molecule has 4 heterocycles. The second-order valence-electron chi connectivity index (χ2n) is 14.8. The Balaban J connectivity index is 0.870. The number of nitrogens with one attached hydrogen (secondary N) is 5. The van der Waals surface area contributed by atoms with Crippen molar-refractivity contribution in [2.75, 3.05) is 49.5 Å². The lowest BCUT2D eigenvalue weighted by Gasteiger charge is -2.39. The average molecular weight is 726 g/mol. The predicted octanol–water partition coefficient (Wildman–Crippen LogP) is 3.77. The third-order valence-electron chi connectivity index (χ3n) is 11.5. The lowest BCUT2D eigenvalue weighted by Crippen LogP contribution is -2.52. The van der Waals surface area contributed by atoms with Gasteiger partial charge in [-0.05, 0) is 93.1 Å². The van der Waals surface area contributed by atoms with Crippen LogP contribution in [-0.2, 0) is 19.8 Å². The van der Waals surface area contributed by atoms with Crippen molar-refractivity contribution in [3.8, 4) is 0 Å². The molecule has 0 radical (unpaired) electrons. The van der Waals surface area contributed by atoms with Crippen molar-refractivity contribution in [1.29, 1.82) is 0 Å². The number of halogens is 2. The number of hydrogen-bond donors (Lipinski definition) is 5. The van der Waals surface area contributed by atoms with Crippen molar-refractivity contribution in [1.82, 2.24) is 25.8 Å². The number of aromatic amines is 1. The van der Waals surface area contributed by atoms with Crippen molar-refractivity contribution in [3.05, 3.63) is 81.7 Å². The highest BCUT2D eigenvalue weighted by Crippen LogP contribution is 2.60. The fourth-order valence-corrected chi connectivity index (χ4v) is 8.64. The molecule has 0 bridgehead atoms. The molecule has 2 saturated heterocycles. The van der Waals surface area contributed by atoms with Gasteiger partial charge in [-0.2, -0.15) is 0 Å². The average Bonchev–Trinajstić information content (AvgIpc) is 3.75. The lowest BCUT2D eigenvalue weighted by atomic mass is 9.64. The number of aryl methyl sites for hydroxylation is 1. The van der Waals surface area contributed by atoms with Crippen molar-refractivity contribution >= 4 is 52.1 Å². The molecule has 5 amide bonds. The number of carbonyl (C=O) groups excluding carboxylic acids is 5. The van der Waals surface area contributed by atoms with Gasteiger partial charge in [0, 0.05) is 72.9 Å². The van der Waals surface area contributed by atoms with Gasteiger partial charge in [0.05, 0.1) is 16.7 Å². The minimum absolute atomic E-state index is 0.105. The van der Waals surface area contributed by atoms with Gasteiger partial charge in [-0.15, -0.1) is 0 Å². The number of carbonyl (C=O) groups is 5. The zero-order chi connectivity index (χ0) is 37.0. The molecule has 2 aromatic carbocycles. The van der Waals surface area contributed by atoms with Crippen LogP contribution in [0.1, 0.15) is 88.2 Å². The highest BCUT2D eigenvalue weighted by molar-refractivity contribution is 6.37. The number of H-pyrrole nitrogens is 1. The third-order valence-corrected chi connectivity index (χ3v) is 11.5. The van der Waals surface area contributed by atoms with Gasteiger partial charge >= 0.3 is 0 Å². The second kappa shape index (κ2) is 13.6. The largest absolute Gasteiger partial charge is 0.369 e. The van der Waals surface area contributed by atoms with E-state index in [0.29, 0.717) is 54.1 Å². The quantitative estimate of drug-likeness (QED) is 0.135. The van der Waals surface area contributed by atoms with Gasteiger partial charge in [0.2, 0.25) is 11.8 Å². The summed E-state index contributed by atoms with van der Waals surface area (Å²) >= 11 is 0. The number of piperazine rings is 1. The number of benzene rings is 2. The van der Waals surface area contributed by atoms with E-state index in [1.807, 2.05) is 6.92 Å². The summed E-state index contributed by atoms with van der Waals surface area (Å²) in [6.45, 7) is 5.96. The SMILES string of the molecule is Cc1[nH]c2c(c1C(=O)NCCCN1CCN(c3ccc(F)c(C(=O)NC4CCC(=O)NC4=O)c3)CC1)C1(CCC1)C/C2=C1/C(=O)Nc2ccc(F)cc21. The number of amides is 5. The van der Waals surface area contributed by atoms with Crippen molar-refractivity contribution in [3.63, 3.8) is 0 Å². The smallest absolute Gasteiger partial charge is 0.256 e. The molecular weight excluding hydrogens is 684 g/mol. The van der Waals surface area contributed by atoms with E-state index in [9.17, 15) is 32.8 Å². The van der Waals surface area contributed by atoms with Crippen LogP contribution in [0.2, 0.25) is 0 Å². The van der Waals surface area contributed by atoms with E-state index in [2.05, 4.69) is 36.1 Å². The molecule has 1 spiro atoms. The third kappa shape index (κ3) is 6.28. The number of nitrogens with zero attached hydrogens (tertiary/aromatic N) is 2. The molecule has 53 heavy (non-hydrogen) atoms. The molecule has 2 aliphatic carbocycles. The summed E-state index contributed by atoms with van der Waals surface area (Å²) in [4.78, 5) is 71.1. The summed E-state index contributed by atoms with van der Waals surface area (Å²) < 4.78 is 28.9. The number of allylic oxidation sites excluding steroid dienone is 1. The molecule has 1 aromatic heterocycles. The number of hydrogen-bond acceptors (Lipinski definition) is 7. The van der Waals surface area contributed by atoms with E-state index in [1.165, 1.54) is 24.3 Å². The topological polar surface area (TPSA) is 156 Å². The molecule has 3 aliphatic heterocycles. The summed E-state index contributed by atoms with van der Waals surface area (Å²) in [6.07, 6.45) is 4.53. The first-order chi connectivity index (χ1) is 25.5. The van der Waals surface area contributed by atoms with Crippen LogP contribution in [-0.4, -0.2) is 84.7 Å². The Bertz CT molecular complexity index is 2100. The highest BCUT2D eigenvalue weighted by atomic mass is 19.1. The summed E-state index contributed by atoms with van der Waals surface area (Å²) in [5.74, 6) is -3.19. The lowest BCUT2D eigenvalue weighted by molar-refractivity contribution is -0.134. The van der Waals surface area contributed by atoms with E-state index in [1.54, 1.807) is 12.1 Å². The Kier molecular flexibility index (Phi) is 8.88. The molecule has 5 N–H and O–H groups in total. The number of piperidine rings is 1. The first-order valence-electron chi connectivity index (χ1n) is 18.3. The van der Waals surface area contributed by atoms with E-state index in [4.69, 9.17) is 0 Å². The molecule has 14 heteroatoms. The van der Waals surface area contributed by atoms with Crippen LogP contribution in [0, 0.1) is 18.6 Å². The molecule has 5 aliphatic rings. The van der Waals surface area contributed by atoms with Crippen LogP contribution < -0.4 is 26.2 Å². The van der Waals surface area contributed by atoms with Gasteiger partial charge in [0.1, 0.15) is 17.7 Å². The van der Waals surface area contributed by atoms with Gasteiger partial charge in [-0.25, -0.2) is 8.78 Å². The zero-order valence-electron chi connectivity index (χ0n) is 29.4. The molecule has 1 saturated carbocycles. The Morgan fingerprint density at radius 2 is 1.77 bits per heavy atom. The van der Waals surface area contributed by atoms with Crippen LogP contribution in [0.5, 0.6) is 0 Å². The molecule has 3 fully saturated rings. The summed E-state index contributed by atoms with van der Waals surface area (Å²) in [5.41, 5.74) is 6.00. The van der Waals surface area contributed by atoms with Crippen LogP contribution in [0.3, 0.4) is 0 Å². The zero-order valence-corrected chi connectivity index (χ0v) is 29.4. The van der Waals surface area contributed by atoms with Crippen molar-refractivity contribution in [2.45, 2.75) is 63.3 Å². The first-order valence-corrected chi connectivity index (χ1v) is 18.3. The van der Waals surface area contributed by atoms with E-state index >= 15 is 0 Å². The fourth-order valence-electron chi connectivity index (χ4n) is 8.64. The number of fused-ring (bicyclic) bond motifs is 3. The van der Waals surface area contributed by atoms with Crippen molar-refractivity contribution in [2.24, 2.45) is 0 Å². The first kappa shape index (κ1) is 34.7. The van der Waals surface area contributed by atoms with Crippen molar-refractivity contribution < 1.29 is 32.8 Å². The Morgan fingerprint density at radius 3 is 2.51 bits per heavy atom. The predicted molar refractivity (Wildman–Crippen MR) is 193 cm³/mol. The fraction of sp³-hybridized carbons (Fsp3) is 0.410. The second-order valence-corrected chi connectivity index (χ2v) is 14.8. The maximum absolute atomic E-state index is 14.7. The van der Waals surface area contributed by atoms with Gasteiger partial charge in [-0.1, -0.05) is 6.42 Å². The van der Waals surface area contributed by atoms with Gasteiger partial charge in [0.15, 0.2) is 0 Å². The van der Waals surface area contributed by atoms with Crippen LogP contribution in [0.25, 0.3) is 11.1 Å². The minimum Gasteiger partial charge on any atom is -0.369 e. The molecule has 276 valence electrons. The monoisotopic (exact) mass is 725 g/mol. The van der Waals surface area contributed by atoms with Gasteiger partial charge in [0.25, 0.3) is 17.7 Å². The number of aromatic nitrogens is 1. The maximum atomic E-state index is 14.7. The standard InChI is InChI=1S/C39H41F2N7O5/c1-21-31(33-34(43-21)26(20-39(33)10-2-11-39)32-25-18-22(40)4-7-28(25)44-38(32)53)37(52)42-12-3-13-47-14-16-48(17-15-47)23-5-6-27(41)24(19-23)35(50)45-29-8-9-30(49)46-36(29)51/h4-7,18-19,29,43H,2-3,8-17,20H2,1H3,(H,42,52)(H,44,53)(H,45,50)(H,46,49,51)/b32-26-. The summed E-state index contributed by atoms with van der Waals surface area (Å²) in [7, 11) is 0. The Hall–Kier alpha value is -5.37. The normalized spacial score (nSPS) is 21.9. The summed E-state index contributed by atoms with van der Waals surface area (Å²) in [6, 6.07) is 7.81. The van der Waals surface area contributed by atoms with Crippen LogP contribution in [0.15, 0.2) is 36.4 Å². The minimum atomic E-state index is -0.896. The number of imide groups is 1. The molecule has 1 unspecified atom stereocenters. The molecule has 12 nitrogen and oxygen atoms in total. The molecular formula is C39H41F2N7O5. The maximum Gasteiger partial charge on any atom is 0.256 e. The van der Waals surface area contributed by atoms with E-state index in [-0.39, 0.29) is 35.6 Å². The van der Waals surface area contributed by atoms with Crippen LogP contribution in [0.4, 0.5) is 20.2 Å². The number of anilines is 2. The summed E-state index contributed by atoms with van der Waals surface area (Å²) in [5, 5.41) is 10.7. The van der Waals surface area contributed by atoms with Gasteiger partial charge in [-0.3, -0.25) is 34.2 Å². The number of rotatable bonds is 8. The Morgan fingerprint density at radius 1 is 0.981 bits per heavy atom. The Labute approximate surface area is 304 Å². The van der Waals surface area contributed by atoms with Crippen LogP contribution >= 0.6 is 0 Å². The van der Waals surface area contributed by atoms with Gasteiger partial charge < -0.3 is 25.8 Å². The van der Waals surface area contributed by atoms with E-state index < -0.39 is 35.4 Å².